The van der Waals surface area contributed by atoms with E-state index in [9.17, 15) is 0 Å². The first kappa shape index (κ1) is 13.8. The first-order chi connectivity index (χ1) is 9.17. The minimum Gasteiger partial charge on any atom is -0.456 e. The zero-order valence-electron chi connectivity index (χ0n) is 10.8. The molecule has 1 heterocycles. The molecule has 0 saturated heterocycles. The van der Waals surface area contributed by atoms with Crippen molar-refractivity contribution in [3.05, 3.63) is 53.3 Å². The van der Waals surface area contributed by atoms with Crippen LogP contribution in [0, 0.1) is 0 Å². The average Bonchev–Trinajstić information content (AvgIpc) is 2.42. The summed E-state index contributed by atoms with van der Waals surface area (Å²) in [5.41, 5.74) is 7.03. The van der Waals surface area contributed by atoms with Gasteiger partial charge in [-0.2, -0.15) is 0 Å². The zero-order valence-corrected chi connectivity index (χ0v) is 11.6. The van der Waals surface area contributed by atoms with E-state index >= 15 is 0 Å². The predicted octanol–water partition coefficient (Wildman–Crippen LogP) is 3.81. The molecule has 0 saturated carbocycles. The van der Waals surface area contributed by atoms with Gasteiger partial charge in [0.15, 0.2) is 0 Å². The second kappa shape index (κ2) is 6.55. The maximum absolute atomic E-state index is 5.94. The van der Waals surface area contributed by atoms with Crippen molar-refractivity contribution in [3.8, 4) is 11.5 Å². The van der Waals surface area contributed by atoms with Crippen LogP contribution in [0.1, 0.15) is 18.9 Å². The van der Waals surface area contributed by atoms with Gasteiger partial charge < -0.3 is 10.5 Å². The molecule has 4 heteroatoms. The largest absolute Gasteiger partial charge is 0.456 e. The average molecular weight is 277 g/mol. The van der Waals surface area contributed by atoms with Crippen LogP contribution >= 0.6 is 11.6 Å². The minimum absolute atomic E-state index is 0.160. The molecular formula is C15H17ClN2O. The van der Waals surface area contributed by atoms with Gasteiger partial charge in [0.2, 0.25) is 0 Å². The van der Waals surface area contributed by atoms with Crippen molar-refractivity contribution in [2.24, 2.45) is 5.73 Å². The first-order valence-electron chi connectivity index (χ1n) is 6.30. The van der Waals surface area contributed by atoms with Crippen LogP contribution in [0.15, 0.2) is 42.7 Å². The molecule has 0 aliphatic carbocycles. The molecule has 0 fully saturated rings. The van der Waals surface area contributed by atoms with Crippen LogP contribution in [0.5, 0.6) is 11.5 Å². The van der Waals surface area contributed by atoms with Gasteiger partial charge >= 0.3 is 0 Å². The van der Waals surface area contributed by atoms with Gasteiger partial charge in [-0.1, -0.05) is 18.5 Å². The van der Waals surface area contributed by atoms with Gasteiger partial charge in [-0.05, 0) is 48.7 Å². The van der Waals surface area contributed by atoms with Crippen molar-refractivity contribution in [3.63, 3.8) is 0 Å². The van der Waals surface area contributed by atoms with E-state index < -0.39 is 0 Å². The Bertz CT molecular complexity index is 528. The van der Waals surface area contributed by atoms with E-state index in [0.29, 0.717) is 10.8 Å². The molecule has 1 aromatic heterocycles. The minimum atomic E-state index is 0.160. The van der Waals surface area contributed by atoms with Gasteiger partial charge in [0.25, 0.3) is 0 Å². The van der Waals surface area contributed by atoms with Crippen LogP contribution in [0.25, 0.3) is 0 Å². The summed E-state index contributed by atoms with van der Waals surface area (Å²) in [6.07, 6.45) is 5.27. The Morgan fingerprint density at radius 2 is 1.95 bits per heavy atom. The standard InChI is InChI=1S/C15H17ClN2O/c1-2-13(17)7-11-8-15(10-18-9-11)19-14-5-3-12(16)4-6-14/h3-6,8-10,13H,2,7,17H2,1H3. The number of pyridine rings is 1. The van der Waals surface area contributed by atoms with Crippen LogP contribution < -0.4 is 10.5 Å². The fourth-order valence-electron chi connectivity index (χ4n) is 1.72. The number of ether oxygens (including phenoxy) is 1. The van der Waals surface area contributed by atoms with E-state index in [4.69, 9.17) is 22.1 Å². The quantitative estimate of drug-likeness (QED) is 0.903. The number of aromatic nitrogens is 1. The number of rotatable bonds is 5. The third kappa shape index (κ3) is 4.23. The lowest BCUT2D eigenvalue weighted by Crippen LogP contribution is -2.21. The van der Waals surface area contributed by atoms with Crippen LogP contribution in [0.3, 0.4) is 0 Å². The Balaban J connectivity index is 2.08. The molecule has 19 heavy (non-hydrogen) atoms. The van der Waals surface area contributed by atoms with E-state index in [0.717, 1.165) is 24.2 Å². The Hall–Kier alpha value is -1.58. The lowest BCUT2D eigenvalue weighted by Gasteiger charge is -2.10. The first-order valence-corrected chi connectivity index (χ1v) is 6.68. The third-order valence-corrected chi connectivity index (χ3v) is 3.09. The Morgan fingerprint density at radius 3 is 2.63 bits per heavy atom. The molecule has 2 N–H and O–H groups in total. The molecule has 0 aliphatic rings. The second-order valence-corrected chi connectivity index (χ2v) is 4.89. The van der Waals surface area contributed by atoms with Gasteiger partial charge in [0.1, 0.15) is 11.5 Å². The van der Waals surface area contributed by atoms with Crippen LogP contribution in [0.2, 0.25) is 5.02 Å². The lowest BCUT2D eigenvalue weighted by molar-refractivity contribution is 0.479. The molecule has 2 aromatic rings. The number of nitrogens with zero attached hydrogens (tertiary/aromatic N) is 1. The summed E-state index contributed by atoms with van der Waals surface area (Å²) in [5.74, 6) is 1.45. The van der Waals surface area contributed by atoms with Crippen LogP contribution in [-0.2, 0) is 6.42 Å². The highest BCUT2D eigenvalue weighted by Gasteiger charge is 2.04. The molecule has 0 radical (unpaired) electrons. The Morgan fingerprint density at radius 1 is 1.21 bits per heavy atom. The number of hydrogen-bond donors (Lipinski definition) is 1. The highest BCUT2D eigenvalue weighted by molar-refractivity contribution is 6.30. The maximum atomic E-state index is 5.94. The molecule has 0 spiro atoms. The molecule has 3 nitrogen and oxygen atoms in total. The van der Waals surface area contributed by atoms with E-state index in [1.807, 2.05) is 24.4 Å². The smallest absolute Gasteiger partial charge is 0.145 e. The summed E-state index contributed by atoms with van der Waals surface area (Å²) < 4.78 is 5.73. The SMILES string of the molecule is CCC(N)Cc1cncc(Oc2ccc(Cl)cc2)c1. The monoisotopic (exact) mass is 276 g/mol. The molecule has 100 valence electrons. The number of halogens is 1. The predicted molar refractivity (Wildman–Crippen MR) is 77.7 cm³/mol. The van der Waals surface area contributed by atoms with E-state index in [1.165, 1.54) is 0 Å². The van der Waals surface area contributed by atoms with Gasteiger partial charge in [0.05, 0.1) is 6.20 Å². The normalized spacial score (nSPS) is 12.2. The van der Waals surface area contributed by atoms with Gasteiger partial charge in [-0.15, -0.1) is 0 Å². The van der Waals surface area contributed by atoms with Gasteiger partial charge in [0, 0.05) is 17.3 Å². The summed E-state index contributed by atoms with van der Waals surface area (Å²) in [6, 6.07) is 9.37. The van der Waals surface area contributed by atoms with Crippen molar-refractivity contribution in [2.75, 3.05) is 0 Å². The molecule has 0 amide bonds. The molecule has 1 unspecified atom stereocenters. The highest BCUT2D eigenvalue weighted by atomic mass is 35.5. The van der Waals surface area contributed by atoms with Gasteiger partial charge in [-0.3, -0.25) is 4.98 Å². The molecule has 2 rings (SSSR count). The molecule has 0 bridgehead atoms. The number of hydrogen-bond acceptors (Lipinski definition) is 3. The van der Waals surface area contributed by atoms with Crippen molar-refractivity contribution >= 4 is 11.6 Å². The molecule has 1 atom stereocenters. The van der Waals surface area contributed by atoms with Crippen LogP contribution in [-0.4, -0.2) is 11.0 Å². The summed E-state index contributed by atoms with van der Waals surface area (Å²) >= 11 is 5.83. The maximum Gasteiger partial charge on any atom is 0.145 e. The lowest BCUT2D eigenvalue weighted by atomic mass is 10.1. The van der Waals surface area contributed by atoms with Crippen molar-refractivity contribution < 1.29 is 4.74 Å². The Kier molecular flexibility index (Phi) is 4.77. The van der Waals surface area contributed by atoms with E-state index in [2.05, 4.69) is 11.9 Å². The summed E-state index contributed by atoms with van der Waals surface area (Å²) in [4.78, 5) is 4.18. The summed E-state index contributed by atoms with van der Waals surface area (Å²) in [7, 11) is 0. The molecule has 1 aromatic carbocycles. The second-order valence-electron chi connectivity index (χ2n) is 4.46. The van der Waals surface area contributed by atoms with E-state index in [1.54, 1.807) is 18.3 Å². The molecular weight excluding hydrogens is 260 g/mol. The zero-order chi connectivity index (χ0) is 13.7. The number of nitrogens with two attached hydrogens (primary N) is 1. The highest BCUT2D eigenvalue weighted by Crippen LogP contribution is 2.23. The fourth-order valence-corrected chi connectivity index (χ4v) is 1.84. The molecule has 0 aliphatic heterocycles. The fraction of sp³-hybridized carbons (Fsp3) is 0.267. The van der Waals surface area contributed by atoms with Crippen molar-refractivity contribution in [1.82, 2.24) is 4.98 Å². The van der Waals surface area contributed by atoms with E-state index in [-0.39, 0.29) is 6.04 Å². The third-order valence-electron chi connectivity index (χ3n) is 2.84. The van der Waals surface area contributed by atoms with Crippen molar-refractivity contribution in [2.45, 2.75) is 25.8 Å². The summed E-state index contributed by atoms with van der Waals surface area (Å²) in [6.45, 7) is 2.08. The van der Waals surface area contributed by atoms with Crippen LogP contribution in [0.4, 0.5) is 0 Å². The van der Waals surface area contributed by atoms with Crippen molar-refractivity contribution in [1.29, 1.82) is 0 Å². The van der Waals surface area contributed by atoms with Gasteiger partial charge in [-0.25, -0.2) is 0 Å². The Labute approximate surface area is 118 Å². The summed E-state index contributed by atoms with van der Waals surface area (Å²) in [5, 5.41) is 0.688. The number of benzene rings is 1. The topological polar surface area (TPSA) is 48.1 Å².